The first-order chi connectivity index (χ1) is 8.59. The molecule has 4 nitrogen and oxygen atoms in total. The summed E-state index contributed by atoms with van der Waals surface area (Å²) in [5, 5.41) is 2.15. The van der Waals surface area contributed by atoms with E-state index in [2.05, 4.69) is 24.3 Å². The van der Waals surface area contributed by atoms with Crippen LogP contribution in [0, 0.1) is 5.92 Å². The second kappa shape index (κ2) is 6.02. The molecule has 2 fully saturated rings. The zero-order valence-corrected chi connectivity index (χ0v) is 11.7. The molecule has 4 unspecified atom stereocenters. The lowest BCUT2D eigenvalue weighted by atomic mass is 9.84. The van der Waals surface area contributed by atoms with Crippen LogP contribution < -0.4 is 11.2 Å². The maximum atomic E-state index is 12.3. The lowest BCUT2D eigenvalue weighted by Crippen LogP contribution is -2.57. The van der Waals surface area contributed by atoms with Crippen LogP contribution in [0.4, 0.5) is 0 Å². The van der Waals surface area contributed by atoms with E-state index in [9.17, 15) is 4.79 Å². The number of piperidine rings is 1. The molecule has 0 aromatic rings. The maximum Gasteiger partial charge on any atom is 0.238 e. The van der Waals surface area contributed by atoms with Gasteiger partial charge in [0.05, 0.1) is 5.92 Å². The van der Waals surface area contributed by atoms with Crippen molar-refractivity contribution in [2.24, 2.45) is 11.7 Å². The van der Waals surface area contributed by atoms with Crippen LogP contribution in [0.5, 0.6) is 0 Å². The second-order valence-electron chi connectivity index (χ2n) is 6.07. The molecule has 2 rings (SSSR count). The fraction of sp³-hybridized carbons (Fsp3) is 0.929. The number of hydrazine groups is 1. The van der Waals surface area contributed by atoms with Gasteiger partial charge in [0.15, 0.2) is 0 Å². The van der Waals surface area contributed by atoms with Crippen molar-refractivity contribution in [2.45, 2.75) is 76.9 Å². The molecule has 1 aliphatic heterocycles. The summed E-state index contributed by atoms with van der Waals surface area (Å²) in [6.07, 6.45) is 7.84. The highest BCUT2D eigenvalue weighted by molar-refractivity contribution is 5.79. The number of hydrogen-bond donors (Lipinski definition) is 2. The van der Waals surface area contributed by atoms with Crippen molar-refractivity contribution in [3.05, 3.63) is 0 Å². The van der Waals surface area contributed by atoms with Crippen LogP contribution in [0.3, 0.4) is 0 Å². The summed E-state index contributed by atoms with van der Waals surface area (Å²) in [4.78, 5) is 12.3. The van der Waals surface area contributed by atoms with E-state index in [0.29, 0.717) is 12.1 Å². The van der Waals surface area contributed by atoms with Crippen LogP contribution >= 0.6 is 0 Å². The smallest absolute Gasteiger partial charge is 0.238 e. The molecular formula is C14H27N3O. The van der Waals surface area contributed by atoms with Gasteiger partial charge in [-0.15, -0.1) is 0 Å². The van der Waals surface area contributed by atoms with Crippen molar-refractivity contribution in [3.63, 3.8) is 0 Å². The molecule has 1 amide bonds. The van der Waals surface area contributed by atoms with Gasteiger partial charge in [0.25, 0.3) is 0 Å². The van der Waals surface area contributed by atoms with E-state index in [1.54, 1.807) is 0 Å². The molecule has 0 aromatic heterocycles. The lowest BCUT2D eigenvalue weighted by molar-refractivity contribution is -0.134. The van der Waals surface area contributed by atoms with Gasteiger partial charge < -0.3 is 5.73 Å². The van der Waals surface area contributed by atoms with Crippen LogP contribution in [0.1, 0.15) is 58.8 Å². The Morgan fingerprint density at radius 3 is 2.28 bits per heavy atom. The van der Waals surface area contributed by atoms with Crippen LogP contribution in [-0.2, 0) is 4.79 Å². The highest BCUT2D eigenvalue weighted by Crippen LogP contribution is 2.25. The predicted molar refractivity (Wildman–Crippen MR) is 72.7 cm³/mol. The number of carbonyl (C=O) groups excluding carboxylic acids is 1. The minimum atomic E-state index is 0.0140. The van der Waals surface area contributed by atoms with Gasteiger partial charge in [-0.2, -0.15) is 0 Å². The first-order valence-electron chi connectivity index (χ1n) is 7.44. The average Bonchev–Trinajstić information content (AvgIpc) is 2.34. The minimum absolute atomic E-state index is 0.0140. The molecule has 1 saturated heterocycles. The number of carbonyl (C=O) groups is 1. The van der Waals surface area contributed by atoms with Crippen LogP contribution in [0.25, 0.3) is 0 Å². The lowest BCUT2D eigenvalue weighted by Gasteiger charge is -2.40. The average molecular weight is 253 g/mol. The van der Waals surface area contributed by atoms with Crippen molar-refractivity contribution in [1.82, 2.24) is 10.4 Å². The van der Waals surface area contributed by atoms with Crippen molar-refractivity contribution >= 4 is 5.91 Å². The minimum Gasteiger partial charge on any atom is -0.327 e. The third-order valence-corrected chi connectivity index (χ3v) is 4.59. The molecule has 0 radical (unpaired) electrons. The molecule has 18 heavy (non-hydrogen) atoms. The summed E-state index contributed by atoms with van der Waals surface area (Å²) in [6.45, 7) is 4.38. The maximum absolute atomic E-state index is 12.3. The molecule has 0 spiro atoms. The normalized spacial score (nSPS) is 38.4. The van der Waals surface area contributed by atoms with E-state index in [4.69, 9.17) is 5.73 Å². The van der Waals surface area contributed by atoms with Gasteiger partial charge >= 0.3 is 0 Å². The fourth-order valence-electron chi connectivity index (χ4n) is 3.34. The zero-order valence-electron chi connectivity index (χ0n) is 11.7. The zero-order chi connectivity index (χ0) is 13.1. The fourth-order valence-corrected chi connectivity index (χ4v) is 3.34. The molecule has 4 atom stereocenters. The third-order valence-electron chi connectivity index (χ3n) is 4.59. The molecule has 104 valence electrons. The molecule has 4 heteroatoms. The van der Waals surface area contributed by atoms with Gasteiger partial charge in [0.2, 0.25) is 5.91 Å². The number of nitrogens with one attached hydrogen (secondary N) is 1. The number of rotatable bonds is 2. The predicted octanol–water partition coefficient (Wildman–Crippen LogP) is 1.80. The summed E-state index contributed by atoms with van der Waals surface area (Å²) in [5.41, 5.74) is 9.21. The molecular weight excluding hydrogens is 226 g/mol. The van der Waals surface area contributed by atoms with Crippen LogP contribution in [0.2, 0.25) is 0 Å². The number of amides is 1. The summed E-state index contributed by atoms with van der Waals surface area (Å²) in [7, 11) is 0. The Balaban J connectivity index is 1.92. The van der Waals surface area contributed by atoms with E-state index in [0.717, 1.165) is 19.3 Å². The Bertz CT molecular complexity index is 285. The first kappa shape index (κ1) is 13.8. The van der Waals surface area contributed by atoms with Crippen molar-refractivity contribution in [1.29, 1.82) is 0 Å². The van der Waals surface area contributed by atoms with Crippen LogP contribution in [-0.4, -0.2) is 29.0 Å². The standard InChI is InChI=1S/C14H27N3O/c1-10-6-5-7-11(2)17(10)16-14(18)12-8-3-4-9-13(12)15/h10-13H,3-9,15H2,1-2H3,(H,16,18). The van der Waals surface area contributed by atoms with E-state index in [1.807, 2.05) is 0 Å². The molecule has 0 bridgehead atoms. The quantitative estimate of drug-likeness (QED) is 0.789. The van der Waals surface area contributed by atoms with Crippen molar-refractivity contribution < 1.29 is 4.79 Å². The topological polar surface area (TPSA) is 58.4 Å². The summed E-state index contributed by atoms with van der Waals surface area (Å²) in [6, 6.07) is 0.934. The van der Waals surface area contributed by atoms with Crippen LogP contribution in [0.15, 0.2) is 0 Å². The summed E-state index contributed by atoms with van der Waals surface area (Å²) >= 11 is 0. The largest absolute Gasteiger partial charge is 0.327 e. The van der Waals surface area contributed by atoms with E-state index in [1.165, 1.54) is 25.7 Å². The molecule has 1 saturated carbocycles. The first-order valence-corrected chi connectivity index (χ1v) is 7.44. The van der Waals surface area contributed by atoms with Gasteiger partial charge in [-0.3, -0.25) is 10.2 Å². The molecule has 1 heterocycles. The van der Waals surface area contributed by atoms with E-state index in [-0.39, 0.29) is 17.9 Å². The Hall–Kier alpha value is -0.610. The number of nitrogens with zero attached hydrogens (tertiary/aromatic N) is 1. The van der Waals surface area contributed by atoms with E-state index >= 15 is 0 Å². The summed E-state index contributed by atoms with van der Waals surface area (Å²) in [5.74, 6) is 0.155. The van der Waals surface area contributed by atoms with Gasteiger partial charge in [0.1, 0.15) is 0 Å². The van der Waals surface area contributed by atoms with Gasteiger partial charge in [0, 0.05) is 18.1 Å². The van der Waals surface area contributed by atoms with E-state index < -0.39 is 0 Å². The van der Waals surface area contributed by atoms with Crippen molar-refractivity contribution in [3.8, 4) is 0 Å². The van der Waals surface area contributed by atoms with Crippen molar-refractivity contribution in [2.75, 3.05) is 0 Å². The molecule has 2 aliphatic rings. The van der Waals surface area contributed by atoms with Gasteiger partial charge in [-0.05, 0) is 39.5 Å². The molecule has 3 N–H and O–H groups in total. The highest BCUT2D eigenvalue weighted by atomic mass is 16.2. The highest BCUT2D eigenvalue weighted by Gasteiger charge is 2.32. The Kier molecular flexibility index (Phi) is 4.62. The third kappa shape index (κ3) is 3.04. The Morgan fingerprint density at radius 1 is 1.06 bits per heavy atom. The number of nitrogens with two attached hydrogens (primary N) is 1. The molecule has 0 aromatic carbocycles. The van der Waals surface area contributed by atoms with Gasteiger partial charge in [-0.25, -0.2) is 5.01 Å². The second-order valence-corrected chi connectivity index (χ2v) is 6.07. The Morgan fingerprint density at radius 2 is 1.67 bits per heavy atom. The molecule has 1 aliphatic carbocycles. The SMILES string of the molecule is CC1CCCC(C)N1NC(=O)C1CCCCC1N. The summed E-state index contributed by atoms with van der Waals surface area (Å²) < 4.78 is 0. The monoisotopic (exact) mass is 253 g/mol. The number of hydrogen-bond acceptors (Lipinski definition) is 3. The van der Waals surface area contributed by atoms with Gasteiger partial charge in [-0.1, -0.05) is 19.3 Å². The Labute approximate surface area is 110 Å².